The van der Waals surface area contributed by atoms with Gasteiger partial charge in [-0.15, -0.1) is 0 Å². The van der Waals surface area contributed by atoms with Crippen LogP contribution in [0.1, 0.15) is 53.1 Å². The number of hydrogen-bond donors (Lipinski definition) is 2. The highest BCUT2D eigenvalue weighted by molar-refractivity contribution is 5.75. The first-order valence-electron chi connectivity index (χ1n) is 11.5. The standard InChI is InChI=1S/C27H39NO7/c1-27(9-8-24(29)28(2)3,22-10-18(14-32-4)25(30)19(11-22)15-33-5)23-12-20(16-34-6)26(31)21(13-23)17-35-7/h10-13,30-31H,8-9,14-17H2,1-7H3. The highest BCUT2D eigenvalue weighted by Crippen LogP contribution is 2.42. The molecular formula is C27H39NO7. The minimum Gasteiger partial charge on any atom is -0.507 e. The van der Waals surface area contributed by atoms with Crippen LogP contribution in [0.15, 0.2) is 24.3 Å². The summed E-state index contributed by atoms with van der Waals surface area (Å²) in [5.41, 5.74) is 3.69. The van der Waals surface area contributed by atoms with Gasteiger partial charge in [0.1, 0.15) is 11.5 Å². The third-order valence-corrected chi connectivity index (χ3v) is 6.35. The molecule has 0 atom stereocenters. The first-order chi connectivity index (χ1) is 16.6. The molecule has 0 aliphatic heterocycles. The van der Waals surface area contributed by atoms with Gasteiger partial charge in [-0.3, -0.25) is 4.79 Å². The summed E-state index contributed by atoms with van der Waals surface area (Å²) >= 11 is 0. The van der Waals surface area contributed by atoms with Gasteiger partial charge >= 0.3 is 0 Å². The zero-order valence-electron chi connectivity index (χ0n) is 21.9. The molecule has 0 aromatic heterocycles. The second-order valence-corrected chi connectivity index (χ2v) is 9.14. The molecule has 2 N–H and O–H groups in total. The Morgan fingerprint density at radius 1 is 0.743 bits per heavy atom. The SMILES string of the molecule is COCc1cc(C(C)(CCC(=O)N(C)C)c2cc(COC)c(O)c(COC)c2)cc(COC)c1O. The van der Waals surface area contributed by atoms with Crippen molar-refractivity contribution in [2.45, 2.75) is 51.6 Å². The van der Waals surface area contributed by atoms with Gasteiger partial charge in [0, 0.05) is 76.6 Å². The zero-order chi connectivity index (χ0) is 26.2. The molecule has 8 nitrogen and oxygen atoms in total. The number of ether oxygens (including phenoxy) is 4. The summed E-state index contributed by atoms with van der Waals surface area (Å²) in [6, 6.07) is 7.65. The van der Waals surface area contributed by atoms with Gasteiger partial charge < -0.3 is 34.1 Å². The van der Waals surface area contributed by atoms with Crippen molar-refractivity contribution in [2.75, 3.05) is 42.5 Å². The minimum atomic E-state index is -0.650. The van der Waals surface area contributed by atoms with Gasteiger partial charge in [0.25, 0.3) is 0 Å². The maximum Gasteiger partial charge on any atom is 0.222 e. The Bertz CT molecular complexity index is 884. The van der Waals surface area contributed by atoms with Crippen LogP contribution >= 0.6 is 0 Å². The predicted molar refractivity (Wildman–Crippen MR) is 133 cm³/mol. The van der Waals surface area contributed by atoms with Gasteiger partial charge in [0.2, 0.25) is 5.91 Å². The van der Waals surface area contributed by atoms with Crippen LogP contribution in [0, 0.1) is 0 Å². The van der Waals surface area contributed by atoms with Crippen molar-refractivity contribution in [1.82, 2.24) is 4.90 Å². The first-order valence-corrected chi connectivity index (χ1v) is 11.5. The number of aromatic hydroxyl groups is 2. The second-order valence-electron chi connectivity index (χ2n) is 9.14. The number of benzene rings is 2. The third-order valence-electron chi connectivity index (χ3n) is 6.35. The van der Waals surface area contributed by atoms with Crippen molar-refractivity contribution >= 4 is 5.91 Å². The maximum atomic E-state index is 12.6. The summed E-state index contributed by atoms with van der Waals surface area (Å²) in [4.78, 5) is 14.2. The van der Waals surface area contributed by atoms with Gasteiger partial charge in [-0.25, -0.2) is 0 Å². The van der Waals surface area contributed by atoms with E-state index in [-0.39, 0.29) is 43.8 Å². The topological polar surface area (TPSA) is 97.7 Å². The van der Waals surface area contributed by atoms with Crippen LogP contribution in [0.3, 0.4) is 0 Å². The fourth-order valence-electron chi connectivity index (χ4n) is 4.26. The molecular weight excluding hydrogens is 450 g/mol. The molecule has 0 radical (unpaired) electrons. The summed E-state index contributed by atoms with van der Waals surface area (Å²) in [5, 5.41) is 21.6. The summed E-state index contributed by atoms with van der Waals surface area (Å²) in [5.74, 6) is 0.280. The summed E-state index contributed by atoms with van der Waals surface area (Å²) < 4.78 is 21.3. The minimum absolute atomic E-state index is 0.0113. The number of carbonyl (C=O) groups is 1. The van der Waals surface area contributed by atoms with E-state index in [2.05, 4.69) is 6.92 Å². The van der Waals surface area contributed by atoms with E-state index in [1.165, 1.54) is 0 Å². The van der Waals surface area contributed by atoms with Crippen molar-refractivity contribution in [3.63, 3.8) is 0 Å². The molecule has 2 rings (SSSR count). The summed E-state index contributed by atoms with van der Waals surface area (Å²) in [6.45, 7) is 2.96. The lowest BCUT2D eigenvalue weighted by molar-refractivity contribution is -0.129. The Morgan fingerprint density at radius 3 is 1.31 bits per heavy atom. The van der Waals surface area contributed by atoms with E-state index in [1.807, 2.05) is 24.3 Å². The van der Waals surface area contributed by atoms with E-state index in [0.29, 0.717) is 35.1 Å². The lowest BCUT2D eigenvalue weighted by atomic mass is 9.71. The number of amides is 1. The lowest BCUT2D eigenvalue weighted by Crippen LogP contribution is -2.29. The predicted octanol–water partition coefficient (Wildman–Crippen LogP) is 3.86. The Kier molecular flexibility index (Phi) is 10.5. The van der Waals surface area contributed by atoms with Gasteiger partial charge in [-0.2, -0.15) is 0 Å². The molecule has 0 aliphatic rings. The third kappa shape index (κ3) is 6.73. The zero-order valence-corrected chi connectivity index (χ0v) is 21.9. The molecule has 1 amide bonds. The molecule has 194 valence electrons. The van der Waals surface area contributed by atoms with E-state index < -0.39 is 5.41 Å². The van der Waals surface area contributed by atoms with E-state index in [4.69, 9.17) is 18.9 Å². The fourth-order valence-corrected chi connectivity index (χ4v) is 4.26. The van der Waals surface area contributed by atoms with Crippen LogP contribution in [-0.2, 0) is 55.6 Å². The van der Waals surface area contributed by atoms with Crippen molar-refractivity contribution < 1.29 is 34.0 Å². The number of nitrogens with zero attached hydrogens (tertiary/aromatic N) is 1. The second kappa shape index (κ2) is 12.9. The summed E-state index contributed by atoms with van der Waals surface area (Å²) in [6.07, 6.45) is 0.806. The van der Waals surface area contributed by atoms with E-state index >= 15 is 0 Å². The molecule has 0 saturated carbocycles. The van der Waals surface area contributed by atoms with Gasteiger partial charge in [-0.1, -0.05) is 6.92 Å². The molecule has 0 bridgehead atoms. The van der Waals surface area contributed by atoms with Crippen LogP contribution in [0.5, 0.6) is 11.5 Å². The molecule has 8 heteroatoms. The number of carbonyl (C=O) groups excluding carboxylic acids is 1. The molecule has 0 aliphatic carbocycles. The average Bonchev–Trinajstić information content (AvgIpc) is 2.82. The van der Waals surface area contributed by atoms with E-state index in [9.17, 15) is 15.0 Å². The molecule has 2 aromatic carbocycles. The maximum absolute atomic E-state index is 12.6. The van der Waals surface area contributed by atoms with Gasteiger partial charge in [0.15, 0.2) is 0 Å². The van der Waals surface area contributed by atoms with Crippen molar-refractivity contribution in [1.29, 1.82) is 0 Å². The molecule has 0 fully saturated rings. The Balaban J connectivity index is 2.79. The monoisotopic (exact) mass is 489 g/mol. The molecule has 35 heavy (non-hydrogen) atoms. The molecule has 0 saturated heterocycles. The van der Waals surface area contributed by atoms with Crippen molar-refractivity contribution in [3.8, 4) is 11.5 Å². The Morgan fingerprint density at radius 2 is 1.06 bits per heavy atom. The van der Waals surface area contributed by atoms with E-state index in [1.54, 1.807) is 47.4 Å². The van der Waals surface area contributed by atoms with Crippen molar-refractivity contribution in [2.24, 2.45) is 0 Å². The van der Waals surface area contributed by atoms with Crippen molar-refractivity contribution in [3.05, 3.63) is 57.6 Å². The van der Waals surface area contributed by atoms with Crippen LogP contribution in [-0.4, -0.2) is 63.6 Å². The quantitative estimate of drug-likeness (QED) is 0.441. The molecule has 2 aromatic rings. The highest BCUT2D eigenvalue weighted by Gasteiger charge is 2.33. The smallest absolute Gasteiger partial charge is 0.222 e. The normalized spacial score (nSPS) is 11.6. The van der Waals surface area contributed by atoms with Crippen LogP contribution in [0.2, 0.25) is 0 Å². The number of phenolic OH excluding ortho intramolecular Hbond substituents is 2. The lowest BCUT2D eigenvalue weighted by Gasteiger charge is -2.33. The van der Waals surface area contributed by atoms with Gasteiger partial charge in [-0.05, 0) is 41.8 Å². The number of hydrogen-bond acceptors (Lipinski definition) is 7. The Hall–Kier alpha value is -2.65. The van der Waals surface area contributed by atoms with E-state index in [0.717, 1.165) is 11.1 Å². The van der Waals surface area contributed by atoms with Crippen LogP contribution in [0.25, 0.3) is 0 Å². The number of methoxy groups -OCH3 is 4. The van der Waals surface area contributed by atoms with Gasteiger partial charge in [0.05, 0.1) is 26.4 Å². The number of rotatable bonds is 13. The molecule has 0 spiro atoms. The fraction of sp³-hybridized carbons (Fsp3) is 0.519. The van der Waals surface area contributed by atoms with Crippen LogP contribution in [0.4, 0.5) is 0 Å². The molecule has 0 heterocycles. The first kappa shape index (κ1) is 28.6. The largest absolute Gasteiger partial charge is 0.507 e. The molecule has 0 unspecified atom stereocenters. The van der Waals surface area contributed by atoms with Crippen LogP contribution < -0.4 is 0 Å². The summed E-state index contributed by atoms with van der Waals surface area (Å²) in [7, 11) is 9.77. The number of phenols is 2. The highest BCUT2D eigenvalue weighted by atomic mass is 16.5. The average molecular weight is 490 g/mol. The Labute approximate surface area is 208 Å².